The summed E-state index contributed by atoms with van der Waals surface area (Å²) in [5.41, 5.74) is 0.218. The van der Waals surface area contributed by atoms with E-state index >= 15 is 0 Å². The van der Waals surface area contributed by atoms with Crippen molar-refractivity contribution in [3.63, 3.8) is 0 Å². The number of amides is 1. The van der Waals surface area contributed by atoms with Crippen LogP contribution in [-0.4, -0.2) is 73.3 Å². The zero-order valence-electron chi connectivity index (χ0n) is 22.8. The number of anilines is 3. The number of halogens is 3. The molecule has 1 amide bonds. The van der Waals surface area contributed by atoms with Crippen LogP contribution in [0.1, 0.15) is 34.3 Å². The lowest BCUT2D eigenvalue weighted by molar-refractivity contribution is -0.137. The Morgan fingerprint density at radius 1 is 1.10 bits per heavy atom. The Kier molecular flexibility index (Phi) is 8.89. The van der Waals surface area contributed by atoms with Crippen molar-refractivity contribution in [3.8, 4) is 5.75 Å². The van der Waals surface area contributed by atoms with Gasteiger partial charge in [-0.15, -0.1) is 0 Å². The van der Waals surface area contributed by atoms with Crippen LogP contribution >= 0.6 is 0 Å². The number of nitrogens with one attached hydrogen (secondary N) is 2. The fourth-order valence-electron chi connectivity index (χ4n) is 4.95. The van der Waals surface area contributed by atoms with Crippen LogP contribution in [0.15, 0.2) is 54.9 Å². The molecule has 0 aliphatic carbocycles. The van der Waals surface area contributed by atoms with Crippen LogP contribution < -0.4 is 20.3 Å². The average Bonchev–Trinajstić information content (AvgIpc) is 3.39. The van der Waals surface area contributed by atoms with Crippen LogP contribution in [0.2, 0.25) is 0 Å². The number of carbonyl (C=O) groups is 1. The molecule has 41 heavy (non-hydrogen) atoms. The van der Waals surface area contributed by atoms with Crippen molar-refractivity contribution in [1.29, 1.82) is 0 Å². The number of rotatable bonds is 9. The molecule has 1 aromatic carbocycles. The predicted molar refractivity (Wildman–Crippen MR) is 149 cm³/mol. The fraction of sp³-hybridized carbons (Fsp3) is 0.414. The van der Waals surface area contributed by atoms with E-state index < -0.39 is 17.6 Å². The summed E-state index contributed by atoms with van der Waals surface area (Å²) in [6.07, 6.45) is 0.609. The number of pyridine rings is 2. The molecule has 5 rings (SSSR count). The van der Waals surface area contributed by atoms with E-state index in [2.05, 4.69) is 30.4 Å². The minimum atomic E-state index is -4.60. The maximum atomic E-state index is 13.7. The average molecular weight is 571 g/mol. The van der Waals surface area contributed by atoms with Gasteiger partial charge < -0.3 is 29.9 Å². The molecule has 0 saturated carbocycles. The molecule has 2 aliphatic heterocycles. The first-order valence-corrected chi connectivity index (χ1v) is 13.6. The van der Waals surface area contributed by atoms with Gasteiger partial charge in [0.2, 0.25) is 0 Å². The molecule has 0 unspecified atom stereocenters. The van der Waals surface area contributed by atoms with Crippen molar-refractivity contribution in [1.82, 2.24) is 14.9 Å². The lowest BCUT2D eigenvalue weighted by Gasteiger charge is -2.28. The molecule has 1 atom stereocenters. The molecule has 2 N–H and O–H groups in total. The summed E-state index contributed by atoms with van der Waals surface area (Å²) in [6, 6.07) is 10.4. The lowest BCUT2D eigenvalue weighted by atomic mass is 10.1. The zero-order chi connectivity index (χ0) is 28.8. The summed E-state index contributed by atoms with van der Waals surface area (Å²) >= 11 is 0. The Bertz CT molecular complexity index is 1350. The largest absolute Gasteiger partial charge is 0.492 e. The van der Waals surface area contributed by atoms with Gasteiger partial charge in [0.05, 0.1) is 24.3 Å². The molecule has 2 aliphatic rings. The van der Waals surface area contributed by atoms with Crippen LogP contribution in [0.25, 0.3) is 0 Å². The van der Waals surface area contributed by atoms with Gasteiger partial charge in [0.1, 0.15) is 24.0 Å². The Balaban J connectivity index is 1.29. The van der Waals surface area contributed by atoms with Gasteiger partial charge in [-0.1, -0.05) is 0 Å². The molecule has 218 valence electrons. The number of likely N-dealkylation sites (N-methyl/N-ethyl adjacent to an activating group) is 1. The van der Waals surface area contributed by atoms with Gasteiger partial charge in [0, 0.05) is 49.8 Å². The van der Waals surface area contributed by atoms with Gasteiger partial charge in [-0.2, -0.15) is 13.2 Å². The molecule has 2 fully saturated rings. The van der Waals surface area contributed by atoms with Crippen LogP contribution in [0.4, 0.5) is 30.5 Å². The summed E-state index contributed by atoms with van der Waals surface area (Å²) in [5, 5.41) is 5.78. The predicted octanol–water partition coefficient (Wildman–Crippen LogP) is 4.67. The van der Waals surface area contributed by atoms with E-state index in [9.17, 15) is 18.0 Å². The van der Waals surface area contributed by atoms with E-state index in [1.807, 2.05) is 19.2 Å². The van der Waals surface area contributed by atoms with E-state index in [0.717, 1.165) is 56.0 Å². The van der Waals surface area contributed by atoms with Crippen LogP contribution in [-0.2, 0) is 17.5 Å². The molecular weight excluding hydrogens is 537 g/mol. The molecule has 0 radical (unpaired) electrons. The summed E-state index contributed by atoms with van der Waals surface area (Å²) in [5.74, 6) is 0.607. The summed E-state index contributed by atoms with van der Waals surface area (Å²) in [7, 11) is 1.97. The van der Waals surface area contributed by atoms with Crippen molar-refractivity contribution in [2.45, 2.75) is 31.6 Å². The number of hydrogen-bond donors (Lipinski definition) is 2. The highest BCUT2D eigenvalue weighted by Crippen LogP contribution is 2.35. The van der Waals surface area contributed by atoms with Crippen LogP contribution in [0, 0.1) is 0 Å². The summed E-state index contributed by atoms with van der Waals surface area (Å²) in [4.78, 5) is 26.3. The lowest BCUT2D eigenvalue weighted by Crippen LogP contribution is -2.36. The van der Waals surface area contributed by atoms with Gasteiger partial charge in [0.25, 0.3) is 5.91 Å². The molecule has 12 heteroatoms. The molecule has 9 nitrogen and oxygen atoms in total. The first-order valence-electron chi connectivity index (χ1n) is 13.6. The van der Waals surface area contributed by atoms with Gasteiger partial charge >= 0.3 is 6.18 Å². The third-order valence-corrected chi connectivity index (χ3v) is 7.26. The summed E-state index contributed by atoms with van der Waals surface area (Å²) < 4.78 is 52.2. The second kappa shape index (κ2) is 12.7. The van der Waals surface area contributed by atoms with Crippen molar-refractivity contribution >= 4 is 23.2 Å². The number of alkyl halides is 3. The SMILES string of the molecule is CN1CCC[C@H]1COc1cc(NC(=O)c2cccnc2NCc2ccnc(N3CCOCC3)c2)cc(C(F)(F)F)c1. The first-order chi connectivity index (χ1) is 19.8. The van der Waals surface area contributed by atoms with E-state index in [1.165, 1.54) is 6.07 Å². The van der Waals surface area contributed by atoms with Crippen molar-refractivity contribution in [2.24, 2.45) is 0 Å². The Labute approximate surface area is 236 Å². The van der Waals surface area contributed by atoms with E-state index in [-0.39, 0.29) is 29.6 Å². The van der Waals surface area contributed by atoms with Crippen LogP contribution in [0.3, 0.4) is 0 Å². The van der Waals surface area contributed by atoms with Crippen molar-refractivity contribution in [2.75, 3.05) is 62.0 Å². The third kappa shape index (κ3) is 7.44. The minimum absolute atomic E-state index is 0.0151. The number of carbonyl (C=O) groups excluding carboxylic acids is 1. The quantitative estimate of drug-likeness (QED) is 0.384. The fourth-order valence-corrected chi connectivity index (χ4v) is 4.95. The van der Waals surface area contributed by atoms with Gasteiger partial charge in [-0.05, 0) is 68.4 Å². The monoisotopic (exact) mass is 570 g/mol. The smallest absolute Gasteiger partial charge is 0.416 e. The topological polar surface area (TPSA) is 91.8 Å². The standard InChI is InChI=1S/C29H33F3N6O3/c1-37-9-3-4-23(37)19-41-24-16-21(29(30,31)32)15-22(17-24)36-28(39)25-5-2-7-34-27(25)35-18-20-6-8-33-26(14-20)38-10-12-40-13-11-38/h2,5-8,14-17,23H,3-4,9-13,18-19H2,1H3,(H,34,35)(H,36,39)/t23-/m0/s1. The maximum absolute atomic E-state index is 13.7. The first kappa shape index (κ1) is 28.6. The van der Waals surface area contributed by atoms with Gasteiger partial charge in [0.15, 0.2) is 0 Å². The summed E-state index contributed by atoms with van der Waals surface area (Å²) in [6.45, 7) is 4.37. The number of aromatic nitrogens is 2. The number of benzene rings is 1. The Morgan fingerprint density at radius 2 is 1.93 bits per heavy atom. The number of likely N-dealkylation sites (tertiary alicyclic amines) is 1. The van der Waals surface area contributed by atoms with Gasteiger partial charge in [-0.3, -0.25) is 4.79 Å². The van der Waals surface area contributed by atoms with Crippen molar-refractivity contribution in [3.05, 3.63) is 71.5 Å². The number of nitrogens with zero attached hydrogens (tertiary/aromatic N) is 4. The number of ether oxygens (including phenoxy) is 2. The second-order valence-electron chi connectivity index (χ2n) is 10.2. The highest BCUT2D eigenvalue weighted by Gasteiger charge is 2.32. The molecule has 4 heterocycles. The highest BCUT2D eigenvalue weighted by atomic mass is 19.4. The van der Waals surface area contributed by atoms with Crippen LogP contribution in [0.5, 0.6) is 5.75 Å². The molecule has 3 aromatic rings. The number of morpholine rings is 1. The molecular formula is C29H33F3N6O3. The number of hydrogen-bond acceptors (Lipinski definition) is 8. The van der Waals surface area contributed by atoms with Gasteiger partial charge in [-0.25, -0.2) is 9.97 Å². The Morgan fingerprint density at radius 3 is 2.68 bits per heavy atom. The van der Waals surface area contributed by atoms with E-state index in [1.54, 1.807) is 24.5 Å². The Hall–Kier alpha value is -3.90. The molecule has 0 bridgehead atoms. The zero-order valence-corrected chi connectivity index (χ0v) is 22.8. The van der Waals surface area contributed by atoms with E-state index in [0.29, 0.717) is 25.6 Å². The van der Waals surface area contributed by atoms with Crippen molar-refractivity contribution < 1.29 is 27.4 Å². The van der Waals surface area contributed by atoms with E-state index in [4.69, 9.17) is 9.47 Å². The maximum Gasteiger partial charge on any atom is 0.416 e. The molecule has 0 spiro atoms. The third-order valence-electron chi connectivity index (χ3n) is 7.26. The minimum Gasteiger partial charge on any atom is -0.492 e. The normalized spacial score (nSPS) is 17.9. The molecule has 2 saturated heterocycles. The molecule has 2 aromatic heterocycles. The highest BCUT2D eigenvalue weighted by molar-refractivity contribution is 6.07. The second-order valence-corrected chi connectivity index (χ2v) is 10.2.